The van der Waals surface area contributed by atoms with Crippen LogP contribution in [0, 0.1) is 6.92 Å². The Morgan fingerprint density at radius 2 is 2.07 bits per heavy atom. The fraction of sp³-hybridized carbons (Fsp3) is 0.333. The molecule has 0 fully saturated rings. The van der Waals surface area contributed by atoms with Gasteiger partial charge in [-0.3, -0.25) is 0 Å². The molecule has 0 aliphatic rings. The third-order valence-electron chi connectivity index (χ3n) is 2.06. The number of hydrogen-bond donors (Lipinski definition) is 0. The third kappa shape index (κ3) is 2.63. The van der Waals surface area contributed by atoms with Crippen molar-refractivity contribution < 1.29 is 13.2 Å². The molecule has 0 heterocycles. The molecule has 0 N–H and O–H groups in total. The van der Waals surface area contributed by atoms with Gasteiger partial charge in [0.05, 0.1) is 12.1 Å². The fourth-order valence-corrected chi connectivity index (χ4v) is 1.27. The van der Waals surface area contributed by atoms with Crippen molar-refractivity contribution in [3.8, 4) is 0 Å². The number of alkyl halides is 3. The molecular formula is C9H8F3N3. The summed E-state index contributed by atoms with van der Waals surface area (Å²) in [6, 6.07) is 3.83. The number of hydrogen-bond acceptors (Lipinski definition) is 1. The topological polar surface area (TPSA) is 48.8 Å². The van der Waals surface area contributed by atoms with Crippen molar-refractivity contribution in [2.24, 2.45) is 5.11 Å². The molecule has 0 aliphatic carbocycles. The summed E-state index contributed by atoms with van der Waals surface area (Å²) in [5.41, 5.74) is 7.90. The zero-order chi connectivity index (χ0) is 11.5. The molecule has 0 saturated carbocycles. The van der Waals surface area contributed by atoms with E-state index in [-0.39, 0.29) is 12.1 Å². The van der Waals surface area contributed by atoms with Crippen molar-refractivity contribution in [1.29, 1.82) is 0 Å². The maximum atomic E-state index is 12.4. The van der Waals surface area contributed by atoms with Gasteiger partial charge in [0.25, 0.3) is 0 Å². The summed E-state index contributed by atoms with van der Waals surface area (Å²) in [4.78, 5) is 2.51. The van der Waals surface area contributed by atoms with Gasteiger partial charge >= 0.3 is 6.18 Å². The second-order valence-corrected chi connectivity index (χ2v) is 2.98. The van der Waals surface area contributed by atoms with Crippen LogP contribution in [0.5, 0.6) is 0 Å². The summed E-state index contributed by atoms with van der Waals surface area (Å²) >= 11 is 0. The van der Waals surface area contributed by atoms with Gasteiger partial charge in [0, 0.05) is 4.91 Å². The minimum Gasteiger partial charge on any atom is -0.166 e. The molecule has 15 heavy (non-hydrogen) atoms. The molecule has 1 rings (SSSR count). The van der Waals surface area contributed by atoms with Crippen molar-refractivity contribution in [2.75, 3.05) is 0 Å². The summed E-state index contributed by atoms with van der Waals surface area (Å²) in [7, 11) is 0. The van der Waals surface area contributed by atoms with Crippen molar-refractivity contribution in [2.45, 2.75) is 19.6 Å². The Labute approximate surface area is 84.2 Å². The highest BCUT2D eigenvalue weighted by Crippen LogP contribution is 2.32. The van der Waals surface area contributed by atoms with E-state index >= 15 is 0 Å². The lowest BCUT2D eigenvalue weighted by molar-refractivity contribution is -0.138. The van der Waals surface area contributed by atoms with Crippen LogP contribution in [0.3, 0.4) is 0 Å². The van der Waals surface area contributed by atoms with Crippen molar-refractivity contribution in [3.05, 3.63) is 45.3 Å². The van der Waals surface area contributed by atoms with Gasteiger partial charge in [-0.2, -0.15) is 13.2 Å². The molecule has 1 aromatic rings. The Kier molecular flexibility index (Phi) is 3.21. The smallest absolute Gasteiger partial charge is 0.166 e. The van der Waals surface area contributed by atoms with Gasteiger partial charge in [-0.25, -0.2) is 0 Å². The minimum atomic E-state index is -4.36. The number of benzene rings is 1. The molecule has 0 radical (unpaired) electrons. The number of azide groups is 1. The largest absolute Gasteiger partial charge is 0.416 e. The van der Waals surface area contributed by atoms with Gasteiger partial charge in [-0.05, 0) is 29.6 Å². The predicted octanol–water partition coefficient (Wildman–Crippen LogP) is 3.82. The molecule has 0 amide bonds. The van der Waals surface area contributed by atoms with Gasteiger partial charge in [0.2, 0.25) is 0 Å². The van der Waals surface area contributed by atoms with E-state index in [1.54, 1.807) is 0 Å². The van der Waals surface area contributed by atoms with Crippen LogP contribution < -0.4 is 0 Å². The number of rotatable bonds is 2. The second kappa shape index (κ2) is 4.23. The van der Waals surface area contributed by atoms with Gasteiger partial charge in [-0.15, -0.1) is 0 Å². The highest BCUT2D eigenvalue weighted by atomic mass is 19.4. The van der Waals surface area contributed by atoms with Crippen molar-refractivity contribution >= 4 is 0 Å². The first-order valence-electron chi connectivity index (χ1n) is 4.13. The summed E-state index contributed by atoms with van der Waals surface area (Å²) < 4.78 is 37.3. The fourth-order valence-electron chi connectivity index (χ4n) is 1.27. The molecule has 1 aromatic carbocycles. The maximum Gasteiger partial charge on any atom is 0.416 e. The summed E-state index contributed by atoms with van der Waals surface area (Å²) in [6.45, 7) is 1.30. The molecule has 80 valence electrons. The molecule has 0 aromatic heterocycles. The lowest BCUT2D eigenvalue weighted by atomic mass is 10.0. The third-order valence-corrected chi connectivity index (χ3v) is 2.06. The first-order chi connectivity index (χ1) is 6.96. The van der Waals surface area contributed by atoms with E-state index in [9.17, 15) is 13.2 Å². The van der Waals surface area contributed by atoms with E-state index in [4.69, 9.17) is 5.53 Å². The van der Waals surface area contributed by atoms with Gasteiger partial charge in [-0.1, -0.05) is 17.2 Å². The van der Waals surface area contributed by atoms with E-state index in [2.05, 4.69) is 10.0 Å². The van der Waals surface area contributed by atoms with Crippen molar-refractivity contribution in [1.82, 2.24) is 0 Å². The summed E-state index contributed by atoms with van der Waals surface area (Å²) in [5.74, 6) is 0. The average Bonchev–Trinajstić information content (AvgIpc) is 2.14. The van der Waals surface area contributed by atoms with Crippen LogP contribution in [0.2, 0.25) is 0 Å². The molecule has 3 nitrogen and oxygen atoms in total. The zero-order valence-electron chi connectivity index (χ0n) is 7.91. The monoisotopic (exact) mass is 215 g/mol. The average molecular weight is 215 g/mol. The van der Waals surface area contributed by atoms with E-state index in [1.807, 2.05) is 0 Å². The van der Waals surface area contributed by atoms with E-state index in [0.29, 0.717) is 5.56 Å². The standard InChI is InChI=1S/C9H8F3N3/c1-6-7(5-14-15-13)3-2-4-8(6)9(10,11)12/h2-4H,5H2,1H3. The molecule has 0 aliphatic heterocycles. The highest BCUT2D eigenvalue weighted by Gasteiger charge is 2.32. The molecule has 0 atom stereocenters. The SMILES string of the molecule is Cc1c(CN=[N+]=[N-])cccc1C(F)(F)F. The predicted molar refractivity (Wildman–Crippen MR) is 49.0 cm³/mol. The van der Waals surface area contributed by atoms with Crippen LogP contribution in [0.25, 0.3) is 10.4 Å². The van der Waals surface area contributed by atoms with Gasteiger partial charge in [0.15, 0.2) is 0 Å². The Balaban J connectivity index is 3.17. The summed E-state index contributed by atoms with van der Waals surface area (Å²) in [5, 5.41) is 3.24. The molecule has 0 spiro atoms. The Hall–Kier alpha value is -1.68. The zero-order valence-corrected chi connectivity index (χ0v) is 7.91. The minimum absolute atomic E-state index is 0.0632. The first kappa shape index (κ1) is 11.4. The number of halogens is 3. The van der Waals surface area contributed by atoms with Crippen LogP contribution in [-0.2, 0) is 12.7 Å². The second-order valence-electron chi connectivity index (χ2n) is 2.98. The van der Waals surface area contributed by atoms with Crippen LogP contribution in [0.1, 0.15) is 16.7 Å². The van der Waals surface area contributed by atoms with Crippen LogP contribution in [0.4, 0.5) is 13.2 Å². The molecule has 0 unspecified atom stereocenters. The van der Waals surface area contributed by atoms with Gasteiger partial charge < -0.3 is 0 Å². The number of nitrogens with zero attached hydrogens (tertiary/aromatic N) is 3. The van der Waals surface area contributed by atoms with Crippen molar-refractivity contribution in [3.63, 3.8) is 0 Å². The van der Waals surface area contributed by atoms with Crippen LogP contribution in [0.15, 0.2) is 23.3 Å². The van der Waals surface area contributed by atoms with E-state index in [0.717, 1.165) is 6.07 Å². The highest BCUT2D eigenvalue weighted by molar-refractivity contribution is 5.35. The van der Waals surface area contributed by atoms with E-state index < -0.39 is 11.7 Å². The van der Waals surface area contributed by atoms with Crippen LogP contribution in [-0.4, -0.2) is 0 Å². The van der Waals surface area contributed by atoms with E-state index in [1.165, 1.54) is 19.1 Å². The van der Waals surface area contributed by atoms with Gasteiger partial charge in [0.1, 0.15) is 0 Å². The van der Waals surface area contributed by atoms with Crippen LogP contribution >= 0.6 is 0 Å². The first-order valence-corrected chi connectivity index (χ1v) is 4.13. The molecule has 6 heteroatoms. The quantitative estimate of drug-likeness (QED) is 0.409. The Morgan fingerprint density at radius 1 is 1.40 bits per heavy atom. The maximum absolute atomic E-state index is 12.4. The molecule has 0 bridgehead atoms. The lowest BCUT2D eigenvalue weighted by Gasteiger charge is -2.12. The summed E-state index contributed by atoms with van der Waals surface area (Å²) in [6.07, 6.45) is -4.36. The Bertz CT molecular complexity index is 406. The molecule has 0 saturated heterocycles. The molecular weight excluding hydrogens is 207 g/mol. The normalized spacial score (nSPS) is 10.9. The Morgan fingerprint density at radius 3 is 2.60 bits per heavy atom. The lowest BCUT2D eigenvalue weighted by Crippen LogP contribution is -2.08.